The van der Waals surface area contributed by atoms with Gasteiger partial charge >= 0.3 is 0 Å². The molecular formula is C20H22ClN5O3. The third-order valence-electron chi connectivity index (χ3n) is 4.98. The number of aromatic nitrogens is 4. The molecule has 0 spiro atoms. The predicted octanol–water partition coefficient (Wildman–Crippen LogP) is 2.18. The summed E-state index contributed by atoms with van der Waals surface area (Å²) >= 11 is 6.10. The van der Waals surface area contributed by atoms with Gasteiger partial charge in [-0.1, -0.05) is 17.7 Å². The number of hydrogen-bond acceptors (Lipinski definition) is 5. The minimum absolute atomic E-state index is 0.0409. The van der Waals surface area contributed by atoms with Crippen LogP contribution in [0.2, 0.25) is 5.02 Å². The maximum Gasteiger partial charge on any atom is 0.293 e. The van der Waals surface area contributed by atoms with Gasteiger partial charge in [-0.15, -0.1) is 0 Å². The quantitative estimate of drug-likeness (QED) is 0.654. The van der Waals surface area contributed by atoms with Gasteiger partial charge in [0.25, 0.3) is 5.56 Å². The van der Waals surface area contributed by atoms with E-state index in [2.05, 4.69) is 10.2 Å². The van der Waals surface area contributed by atoms with E-state index in [1.54, 1.807) is 36.2 Å². The van der Waals surface area contributed by atoms with Crippen LogP contribution in [-0.2, 0) is 16.1 Å². The second-order valence-electron chi connectivity index (χ2n) is 7.40. The maximum atomic E-state index is 13.2. The minimum atomic E-state index is -0.370. The summed E-state index contributed by atoms with van der Waals surface area (Å²) < 4.78 is 8.44. The van der Waals surface area contributed by atoms with Crippen LogP contribution in [0.3, 0.4) is 0 Å². The summed E-state index contributed by atoms with van der Waals surface area (Å²) in [6, 6.07) is 7.10. The molecule has 1 aliphatic rings. The van der Waals surface area contributed by atoms with E-state index in [1.807, 2.05) is 19.9 Å². The highest BCUT2D eigenvalue weighted by Gasteiger charge is 2.27. The van der Waals surface area contributed by atoms with Crippen molar-refractivity contribution in [2.75, 3.05) is 13.1 Å². The SMILES string of the molecule is Cc1nn(CC(=O)N2CC(C)OC(C)C2)c(=O)c2c1cnn2-c1cccc(Cl)c1. The maximum absolute atomic E-state index is 13.2. The second-order valence-corrected chi connectivity index (χ2v) is 7.84. The fourth-order valence-electron chi connectivity index (χ4n) is 3.74. The van der Waals surface area contributed by atoms with Gasteiger partial charge in [0.15, 0.2) is 0 Å². The Hall–Kier alpha value is -2.71. The molecule has 0 saturated carbocycles. The third-order valence-corrected chi connectivity index (χ3v) is 5.21. The number of carbonyl (C=O) groups is 1. The Kier molecular flexibility index (Phi) is 5.14. The van der Waals surface area contributed by atoms with E-state index in [-0.39, 0.29) is 30.2 Å². The lowest BCUT2D eigenvalue weighted by molar-refractivity contribution is -0.144. The predicted molar refractivity (Wildman–Crippen MR) is 109 cm³/mol. The van der Waals surface area contributed by atoms with Gasteiger partial charge < -0.3 is 9.64 Å². The van der Waals surface area contributed by atoms with Crippen LogP contribution in [0.15, 0.2) is 35.3 Å². The lowest BCUT2D eigenvalue weighted by Crippen LogP contribution is -2.49. The number of carbonyl (C=O) groups excluding carboxylic acids is 1. The van der Waals surface area contributed by atoms with E-state index >= 15 is 0 Å². The van der Waals surface area contributed by atoms with E-state index in [0.717, 1.165) is 0 Å². The molecule has 8 nitrogen and oxygen atoms in total. The van der Waals surface area contributed by atoms with E-state index < -0.39 is 0 Å². The van der Waals surface area contributed by atoms with Crippen molar-refractivity contribution in [1.82, 2.24) is 24.5 Å². The van der Waals surface area contributed by atoms with E-state index in [0.29, 0.717) is 40.4 Å². The number of aryl methyl sites for hydroxylation is 1. The number of fused-ring (bicyclic) bond motifs is 1. The van der Waals surface area contributed by atoms with Crippen LogP contribution in [0.4, 0.5) is 0 Å². The van der Waals surface area contributed by atoms with Crippen molar-refractivity contribution in [2.45, 2.75) is 39.5 Å². The van der Waals surface area contributed by atoms with Crippen LogP contribution in [0.1, 0.15) is 19.5 Å². The van der Waals surface area contributed by atoms with Crippen molar-refractivity contribution >= 4 is 28.4 Å². The molecule has 2 aromatic heterocycles. The number of morpholine rings is 1. The molecule has 1 amide bonds. The largest absolute Gasteiger partial charge is 0.372 e. The van der Waals surface area contributed by atoms with Gasteiger partial charge in [0.05, 0.1) is 29.8 Å². The average molecular weight is 416 g/mol. The van der Waals surface area contributed by atoms with Gasteiger partial charge in [0, 0.05) is 23.5 Å². The Morgan fingerprint density at radius 2 is 2.00 bits per heavy atom. The van der Waals surface area contributed by atoms with Crippen molar-refractivity contribution < 1.29 is 9.53 Å². The van der Waals surface area contributed by atoms with Crippen LogP contribution in [0.25, 0.3) is 16.6 Å². The Morgan fingerprint density at radius 3 is 2.69 bits per heavy atom. The fourth-order valence-corrected chi connectivity index (χ4v) is 3.93. The molecule has 152 valence electrons. The van der Waals surface area contributed by atoms with Gasteiger partial charge in [-0.3, -0.25) is 9.59 Å². The first-order chi connectivity index (χ1) is 13.8. The molecule has 1 aromatic carbocycles. The fraction of sp³-hybridized carbons (Fsp3) is 0.400. The van der Waals surface area contributed by atoms with E-state index in [9.17, 15) is 9.59 Å². The molecule has 9 heteroatoms. The van der Waals surface area contributed by atoms with Crippen LogP contribution in [0.5, 0.6) is 0 Å². The molecule has 1 fully saturated rings. The zero-order valence-electron chi connectivity index (χ0n) is 16.5. The zero-order valence-corrected chi connectivity index (χ0v) is 17.3. The van der Waals surface area contributed by atoms with Crippen LogP contribution < -0.4 is 5.56 Å². The van der Waals surface area contributed by atoms with Gasteiger partial charge in [-0.2, -0.15) is 10.2 Å². The molecule has 0 bridgehead atoms. The summed E-state index contributed by atoms with van der Waals surface area (Å²) in [4.78, 5) is 27.7. The van der Waals surface area contributed by atoms with E-state index in [4.69, 9.17) is 16.3 Å². The molecule has 29 heavy (non-hydrogen) atoms. The summed E-state index contributed by atoms with van der Waals surface area (Å²) in [5.41, 5.74) is 1.30. The molecule has 0 aliphatic carbocycles. The zero-order chi connectivity index (χ0) is 20.7. The second kappa shape index (κ2) is 7.61. The number of nitrogens with zero attached hydrogens (tertiary/aromatic N) is 5. The molecule has 4 rings (SSSR count). The highest BCUT2D eigenvalue weighted by Crippen LogP contribution is 2.20. The molecule has 1 saturated heterocycles. The number of benzene rings is 1. The lowest BCUT2D eigenvalue weighted by atomic mass is 10.2. The molecule has 0 N–H and O–H groups in total. The first-order valence-electron chi connectivity index (χ1n) is 9.48. The summed E-state index contributed by atoms with van der Waals surface area (Å²) in [5, 5.41) is 9.89. The Balaban J connectivity index is 1.72. The highest BCUT2D eigenvalue weighted by atomic mass is 35.5. The Bertz CT molecular complexity index is 1130. The first-order valence-corrected chi connectivity index (χ1v) is 9.86. The molecule has 1 aliphatic heterocycles. The van der Waals surface area contributed by atoms with Gasteiger partial charge in [0.2, 0.25) is 5.91 Å². The Labute approximate surface area is 172 Å². The normalized spacial score (nSPS) is 19.7. The van der Waals surface area contributed by atoms with Crippen molar-refractivity contribution in [3.05, 3.63) is 51.5 Å². The molecule has 0 radical (unpaired) electrons. The molecular weight excluding hydrogens is 394 g/mol. The topological polar surface area (TPSA) is 82.2 Å². The summed E-state index contributed by atoms with van der Waals surface area (Å²) in [6.07, 6.45) is 1.53. The van der Waals surface area contributed by atoms with Crippen molar-refractivity contribution in [3.8, 4) is 5.69 Å². The summed E-state index contributed by atoms with van der Waals surface area (Å²) in [6.45, 7) is 6.53. The first kappa shape index (κ1) is 19.6. The van der Waals surface area contributed by atoms with Crippen LogP contribution >= 0.6 is 11.6 Å². The summed E-state index contributed by atoms with van der Waals surface area (Å²) in [5.74, 6) is -0.158. The smallest absolute Gasteiger partial charge is 0.293 e. The number of amides is 1. The molecule has 2 atom stereocenters. The van der Waals surface area contributed by atoms with Crippen molar-refractivity contribution in [1.29, 1.82) is 0 Å². The number of halogens is 1. The minimum Gasteiger partial charge on any atom is -0.372 e. The van der Waals surface area contributed by atoms with E-state index in [1.165, 1.54) is 9.36 Å². The highest BCUT2D eigenvalue weighted by molar-refractivity contribution is 6.30. The van der Waals surface area contributed by atoms with Crippen LogP contribution in [0, 0.1) is 6.92 Å². The molecule has 3 heterocycles. The lowest BCUT2D eigenvalue weighted by Gasteiger charge is -2.35. The van der Waals surface area contributed by atoms with Gasteiger partial charge in [-0.05, 0) is 39.0 Å². The standard InChI is InChI=1S/C20H22ClN5O3/c1-12-9-24(10-13(2)29-12)18(27)11-25-20(28)19-17(14(3)23-25)8-22-26(19)16-6-4-5-15(21)7-16/h4-8,12-13H,9-11H2,1-3H3. The Morgan fingerprint density at radius 1 is 1.28 bits per heavy atom. The van der Waals surface area contributed by atoms with Crippen molar-refractivity contribution in [2.24, 2.45) is 0 Å². The number of hydrogen-bond donors (Lipinski definition) is 0. The van der Waals surface area contributed by atoms with Gasteiger partial charge in [0.1, 0.15) is 12.1 Å². The van der Waals surface area contributed by atoms with Crippen LogP contribution in [-0.4, -0.2) is 55.7 Å². The van der Waals surface area contributed by atoms with Gasteiger partial charge in [-0.25, -0.2) is 9.36 Å². The molecule has 3 aromatic rings. The molecule has 2 unspecified atom stereocenters. The number of rotatable bonds is 3. The average Bonchev–Trinajstić information content (AvgIpc) is 3.11. The number of ether oxygens (including phenoxy) is 1. The third kappa shape index (κ3) is 3.77. The summed E-state index contributed by atoms with van der Waals surface area (Å²) in [7, 11) is 0. The van der Waals surface area contributed by atoms with Crippen molar-refractivity contribution in [3.63, 3.8) is 0 Å². The monoisotopic (exact) mass is 415 g/mol.